The van der Waals surface area contributed by atoms with E-state index in [2.05, 4.69) is 18.2 Å². The van der Waals surface area contributed by atoms with Gasteiger partial charge in [-0.3, -0.25) is 4.79 Å². The van der Waals surface area contributed by atoms with Crippen LogP contribution in [0.25, 0.3) is 0 Å². The van der Waals surface area contributed by atoms with Crippen molar-refractivity contribution >= 4 is 29.2 Å². The van der Waals surface area contributed by atoms with Gasteiger partial charge in [0.15, 0.2) is 0 Å². The van der Waals surface area contributed by atoms with Gasteiger partial charge in [0.25, 0.3) is 5.91 Å². The average molecular weight is 268 g/mol. The van der Waals surface area contributed by atoms with Gasteiger partial charge in [0.2, 0.25) is 0 Å². The number of amides is 1. The molecule has 1 amide bonds. The van der Waals surface area contributed by atoms with Gasteiger partial charge in [0.05, 0.1) is 17.4 Å². The lowest BCUT2D eigenvalue weighted by Crippen LogP contribution is -2.30. The van der Waals surface area contributed by atoms with Crippen LogP contribution in [-0.4, -0.2) is 36.0 Å². The van der Waals surface area contributed by atoms with E-state index in [1.807, 2.05) is 23.7 Å². The van der Waals surface area contributed by atoms with Gasteiger partial charge in [-0.15, -0.1) is 0 Å². The lowest BCUT2D eigenvalue weighted by molar-refractivity contribution is 0.100. The Morgan fingerprint density at radius 2 is 2.28 bits per heavy atom. The van der Waals surface area contributed by atoms with Crippen molar-refractivity contribution in [2.45, 2.75) is 19.4 Å². The first kappa shape index (κ1) is 14.6. The fraction of sp³-hybridized carbons (Fsp3) is 0.500. The topological polar surface area (TPSA) is 85.2 Å². The van der Waals surface area contributed by atoms with Crippen LogP contribution in [0.15, 0.2) is 12.3 Å². The second kappa shape index (κ2) is 6.49. The van der Waals surface area contributed by atoms with E-state index in [4.69, 9.17) is 11.5 Å². The molecule has 0 aliphatic heterocycles. The molecule has 4 N–H and O–H groups in total. The van der Waals surface area contributed by atoms with Crippen molar-refractivity contribution in [2.75, 3.05) is 29.7 Å². The highest BCUT2D eigenvalue weighted by Gasteiger charge is 2.14. The summed E-state index contributed by atoms with van der Waals surface area (Å²) in [7, 11) is 1.95. The van der Waals surface area contributed by atoms with Gasteiger partial charge in [0, 0.05) is 13.1 Å². The number of hydrogen-bond donors (Lipinski definition) is 2. The second-order valence-corrected chi connectivity index (χ2v) is 5.22. The predicted molar refractivity (Wildman–Crippen MR) is 78.0 cm³/mol. The van der Waals surface area contributed by atoms with Crippen LogP contribution in [0.2, 0.25) is 0 Å². The maximum absolute atomic E-state index is 11.2. The van der Waals surface area contributed by atoms with E-state index in [1.54, 1.807) is 6.07 Å². The van der Waals surface area contributed by atoms with Crippen molar-refractivity contribution in [3.8, 4) is 0 Å². The summed E-state index contributed by atoms with van der Waals surface area (Å²) in [6.45, 7) is 2.12. The number of carbonyl (C=O) groups is 1. The van der Waals surface area contributed by atoms with E-state index in [0.29, 0.717) is 23.1 Å². The number of nitrogens with zero attached hydrogens (tertiary/aromatic N) is 2. The molecule has 0 spiro atoms. The lowest BCUT2D eigenvalue weighted by atomic mass is 10.2. The molecule has 1 heterocycles. The Morgan fingerprint density at radius 3 is 2.83 bits per heavy atom. The lowest BCUT2D eigenvalue weighted by Gasteiger charge is -2.26. The highest BCUT2D eigenvalue weighted by Crippen LogP contribution is 2.19. The molecule has 100 valence electrons. The Morgan fingerprint density at radius 1 is 1.61 bits per heavy atom. The van der Waals surface area contributed by atoms with Gasteiger partial charge in [-0.05, 0) is 31.4 Å². The number of nitrogen functional groups attached to an aromatic ring is 1. The largest absolute Gasteiger partial charge is 0.397 e. The Hall–Kier alpha value is -1.43. The summed E-state index contributed by atoms with van der Waals surface area (Å²) in [5.74, 6) is 1.27. The van der Waals surface area contributed by atoms with E-state index >= 15 is 0 Å². The third-order valence-electron chi connectivity index (χ3n) is 2.95. The molecule has 1 aromatic heterocycles. The number of pyridine rings is 1. The number of primary amides is 1. The van der Waals surface area contributed by atoms with E-state index in [1.165, 1.54) is 6.20 Å². The van der Waals surface area contributed by atoms with E-state index in [-0.39, 0.29) is 0 Å². The van der Waals surface area contributed by atoms with Gasteiger partial charge in [-0.2, -0.15) is 11.8 Å². The maximum Gasteiger partial charge on any atom is 0.250 e. The minimum Gasteiger partial charge on any atom is -0.397 e. The zero-order valence-corrected chi connectivity index (χ0v) is 11.8. The molecule has 1 unspecified atom stereocenters. The zero-order chi connectivity index (χ0) is 13.7. The molecule has 0 radical (unpaired) electrons. The van der Waals surface area contributed by atoms with Crippen LogP contribution in [0.1, 0.15) is 23.7 Å². The van der Waals surface area contributed by atoms with E-state index in [0.717, 1.165) is 12.2 Å². The maximum atomic E-state index is 11.2. The predicted octanol–water partition coefficient (Wildman–Crippen LogP) is 1.34. The molecule has 1 rings (SSSR count). The first-order chi connectivity index (χ1) is 8.47. The van der Waals surface area contributed by atoms with Crippen LogP contribution in [-0.2, 0) is 0 Å². The summed E-state index contributed by atoms with van der Waals surface area (Å²) in [6, 6.07) is 1.99. The zero-order valence-electron chi connectivity index (χ0n) is 11.0. The van der Waals surface area contributed by atoms with Crippen LogP contribution in [0, 0.1) is 0 Å². The standard InChI is InChI=1S/C12H20N4OS/c1-8(4-5-18-3)16(2)11-6-9(12(14)17)10(13)7-15-11/h6-8H,4-5,13H2,1-3H3,(H2,14,17). The highest BCUT2D eigenvalue weighted by atomic mass is 32.2. The Kier molecular flexibility index (Phi) is 5.27. The van der Waals surface area contributed by atoms with E-state index < -0.39 is 5.91 Å². The molecule has 0 bridgehead atoms. The molecule has 18 heavy (non-hydrogen) atoms. The number of thioether (sulfide) groups is 1. The fourth-order valence-corrected chi connectivity index (χ4v) is 2.15. The van der Waals surface area contributed by atoms with E-state index in [9.17, 15) is 4.79 Å². The number of carbonyl (C=O) groups excluding carboxylic acids is 1. The number of anilines is 2. The Bertz CT molecular complexity index is 425. The third kappa shape index (κ3) is 3.53. The average Bonchev–Trinajstić information content (AvgIpc) is 2.35. The quantitative estimate of drug-likeness (QED) is 0.813. The van der Waals surface area contributed by atoms with Crippen molar-refractivity contribution in [3.05, 3.63) is 17.8 Å². The normalized spacial score (nSPS) is 12.2. The molecule has 0 saturated carbocycles. The van der Waals surface area contributed by atoms with Crippen LogP contribution >= 0.6 is 11.8 Å². The Labute approximate surface area is 112 Å². The minimum atomic E-state index is -0.527. The van der Waals surface area contributed by atoms with Crippen molar-refractivity contribution in [1.29, 1.82) is 0 Å². The smallest absolute Gasteiger partial charge is 0.250 e. The molecule has 0 aliphatic carbocycles. The molecular weight excluding hydrogens is 248 g/mol. The van der Waals surface area contributed by atoms with Gasteiger partial charge in [-0.25, -0.2) is 4.98 Å². The van der Waals surface area contributed by atoms with Crippen molar-refractivity contribution in [3.63, 3.8) is 0 Å². The first-order valence-electron chi connectivity index (χ1n) is 5.74. The second-order valence-electron chi connectivity index (χ2n) is 4.24. The van der Waals surface area contributed by atoms with Crippen LogP contribution in [0.4, 0.5) is 11.5 Å². The molecule has 6 heteroatoms. The molecule has 0 fully saturated rings. The Balaban J connectivity index is 2.89. The molecule has 0 saturated heterocycles. The minimum absolute atomic E-state index is 0.316. The van der Waals surface area contributed by atoms with Crippen LogP contribution in [0.3, 0.4) is 0 Å². The number of rotatable bonds is 6. The molecular formula is C12H20N4OS. The first-order valence-corrected chi connectivity index (χ1v) is 7.13. The summed E-state index contributed by atoms with van der Waals surface area (Å²) in [5, 5.41) is 0. The molecule has 0 aliphatic rings. The monoisotopic (exact) mass is 268 g/mol. The summed E-state index contributed by atoms with van der Waals surface area (Å²) < 4.78 is 0. The number of nitrogens with two attached hydrogens (primary N) is 2. The summed E-state index contributed by atoms with van der Waals surface area (Å²) in [6.07, 6.45) is 4.61. The summed E-state index contributed by atoms with van der Waals surface area (Å²) in [4.78, 5) is 17.5. The van der Waals surface area contributed by atoms with Crippen LogP contribution in [0.5, 0.6) is 0 Å². The molecule has 1 aromatic rings. The van der Waals surface area contributed by atoms with Crippen molar-refractivity contribution in [2.24, 2.45) is 5.73 Å². The fourth-order valence-electron chi connectivity index (χ4n) is 1.57. The highest BCUT2D eigenvalue weighted by molar-refractivity contribution is 7.98. The molecule has 0 aromatic carbocycles. The van der Waals surface area contributed by atoms with Crippen LogP contribution < -0.4 is 16.4 Å². The summed E-state index contributed by atoms with van der Waals surface area (Å²) in [5.41, 5.74) is 11.6. The van der Waals surface area contributed by atoms with Gasteiger partial charge in [0.1, 0.15) is 5.82 Å². The molecule has 1 atom stereocenters. The van der Waals surface area contributed by atoms with Gasteiger partial charge >= 0.3 is 0 Å². The molecule has 5 nitrogen and oxygen atoms in total. The van der Waals surface area contributed by atoms with Gasteiger partial charge < -0.3 is 16.4 Å². The summed E-state index contributed by atoms with van der Waals surface area (Å²) >= 11 is 1.81. The SMILES string of the molecule is CSCCC(C)N(C)c1cc(C(N)=O)c(N)cn1. The number of hydrogen-bond acceptors (Lipinski definition) is 5. The van der Waals surface area contributed by atoms with Crippen molar-refractivity contribution < 1.29 is 4.79 Å². The third-order valence-corrected chi connectivity index (χ3v) is 3.59. The number of aromatic nitrogens is 1. The van der Waals surface area contributed by atoms with Gasteiger partial charge in [-0.1, -0.05) is 0 Å². The van der Waals surface area contributed by atoms with Crippen molar-refractivity contribution in [1.82, 2.24) is 4.98 Å².